The van der Waals surface area contributed by atoms with Gasteiger partial charge in [-0.25, -0.2) is 4.98 Å². The smallest absolute Gasteiger partial charge is 0.262 e. The molecule has 0 amide bonds. The lowest BCUT2D eigenvalue weighted by molar-refractivity contribution is -0.382. The third kappa shape index (κ3) is 4.29. The Labute approximate surface area is 358 Å². The minimum Gasteiger partial charge on any atom is -0.507 e. The number of aromatic nitrogens is 1. The van der Waals surface area contributed by atoms with Gasteiger partial charge in [0.05, 0.1) is 23.3 Å². The van der Waals surface area contributed by atoms with Gasteiger partial charge in [-0.05, 0) is 134 Å². The molecule has 11 atom stereocenters. The van der Waals surface area contributed by atoms with Gasteiger partial charge in [0.2, 0.25) is 5.78 Å². The summed E-state index contributed by atoms with van der Waals surface area (Å²) in [4.78, 5) is 34.5. The van der Waals surface area contributed by atoms with Crippen LogP contribution in [0.3, 0.4) is 0 Å². The van der Waals surface area contributed by atoms with E-state index in [9.17, 15) is 40.2 Å². The van der Waals surface area contributed by atoms with E-state index < -0.39 is 63.8 Å². The molecule has 5 heterocycles. The topological polar surface area (TPSA) is 199 Å². The first-order chi connectivity index (χ1) is 29.7. The lowest BCUT2D eigenvalue weighted by atomic mass is 9.50. The molecule has 4 fully saturated rings. The Morgan fingerprint density at radius 2 is 1.73 bits per heavy atom. The fraction of sp³-hybridized carbons (Fsp3) is 0.540. The molecule has 0 radical (unpaired) electrons. The van der Waals surface area contributed by atoms with Crippen LogP contribution in [0.5, 0.6) is 11.5 Å². The number of nitrogens with zero attached hydrogens (tertiary/aromatic N) is 1. The largest absolute Gasteiger partial charge is 0.507 e. The number of fused-ring (bicyclic) bond motifs is 6. The molecule has 12 heteroatoms. The van der Waals surface area contributed by atoms with E-state index in [0.717, 1.165) is 50.5 Å². The highest BCUT2D eigenvalue weighted by atomic mass is 16.7. The first-order valence-corrected chi connectivity index (χ1v) is 22.6. The van der Waals surface area contributed by atoms with E-state index in [-0.39, 0.29) is 57.5 Å². The van der Waals surface area contributed by atoms with Crippen molar-refractivity contribution in [2.45, 2.75) is 132 Å². The summed E-state index contributed by atoms with van der Waals surface area (Å²) < 4.78 is 14.4. The lowest BCUT2D eigenvalue weighted by Gasteiger charge is -2.65. The van der Waals surface area contributed by atoms with Crippen LogP contribution in [0.15, 0.2) is 53.3 Å². The Bertz CT molecular complexity index is 2760. The number of phenols is 1. The highest BCUT2D eigenvalue weighted by Crippen LogP contribution is 2.73. The van der Waals surface area contributed by atoms with Crippen molar-refractivity contribution in [3.63, 3.8) is 0 Å². The van der Waals surface area contributed by atoms with Gasteiger partial charge in [0, 0.05) is 46.5 Å². The molecule has 62 heavy (non-hydrogen) atoms. The third-order valence-corrected chi connectivity index (χ3v) is 18.0. The van der Waals surface area contributed by atoms with Crippen molar-refractivity contribution in [1.82, 2.24) is 4.98 Å². The van der Waals surface area contributed by atoms with Crippen molar-refractivity contribution in [2.24, 2.45) is 28.1 Å². The van der Waals surface area contributed by atoms with Crippen LogP contribution >= 0.6 is 0 Å². The highest BCUT2D eigenvalue weighted by molar-refractivity contribution is 6.34. The second kappa shape index (κ2) is 11.9. The second-order valence-corrected chi connectivity index (χ2v) is 20.8. The fourth-order valence-electron chi connectivity index (χ4n) is 15.6. The Morgan fingerprint density at radius 1 is 0.903 bits per heavy atom. The van der Waals surface area contributed by atoms with Crippen LogP contribution < -0.4 is 10.1 Å². The average molecular weight is 839 g/mol. The van der Waals surface area contributed by atoms with Crippen LogP contribution in [0.1, 0.15) is 121 Å². The zero-order valence-electron chi connectivity index (χ0n) is 34.6. The number of aliphatic hydroxyl groups is 5. The molecule has 5 spiro atoms. The maximum atomic E-state index is 15.0. The maximum absolute atomic E-state index is 15.0. The standard InChI is InChI=1S/C50H50N2O10/c1-24-16-29-35(32(53)17-24)40(56)37-33-19-28-27(36(37)39(29)55)8-15-51-41(28)52-22-34(54)47-11-5-7-30(47)25-6-4-12-48(60)43(58)49(61-33)20-26(18-25)38-31(47)21-46(42(57)50(38,62-49)44(48)59)14-13-45(23-46)9-2-3-10-45/h8,15-17,19-20,25,30,34,42-44,53-54,57-60H,2-3,5-7,9-11,13-14,18,21-23H2,1H3,(H,51,52)/t25-,30+,34-,42+,43-,44+,46-,47+,48-,49-,50-/m1/s1. The van der Waals surface area contributed by atoms with Gasteiger partial charge in [0.15, 0.2) is 23.1 Å². The number of carbonyl (C=O) groups is 2. The molecule has 2 aromatic carbocycles. The zero-order valence-corrected chi connectivity index (χ0v) is 34.6. The molecule has 12 nitrogen and oxygen atoms in total. The summed E-state index contributed by atoms with van der Waals surface area (Å²) in [5.41, 5.74) is -4.00. The minimum absolute atomic E-state index is 0.00484. The van der Waals surface area contributed by atoms with Crippen molar-refractivity contribution in [2.75, 3.05) is 11.9 Å². The highest BCUT2D eigenvalue weighted by Gasteiger charge is 2.79. The fourth-order valence-corrected chi connectivity index (χ4v) is 15.6. The lowest BCUT2D eigenvalue weighted by Crippen LogP contribution is -2.82. The number of hydrogen-bond donors (Lipinski definition) is 7. The molecule has 1 aromatic heterocycles. The van der Waals surface area contributed by atoms with Gasteiger partial charge in [0.1, 0.15) is 23.4 Å². The van der Waals surface area contributed by atoms with Crippen LogP contribution in [0, 0.1) is 46.8 Å². The number of rotatable bonds is 0. The van der Waals surface area contributed by atoms with Crippen molar-refractivity contribution in [3.05, 3.63) is 81.1 Å². The maximum Gasteiger partial charge on any atom is 0.262 e. The molecule has 12 aliphatic rings. The molecular formula is C50H50N2O10. The zero-order chi connectivity index (χ0) is 42.5. The number of aryl methyl sites for hydroxylation is 1. The Balaban J connectivity index is 1.15. The number of anilines is 1. The van der Waals surface area contributed by atoms with Gasteiger partial charge >= 0.3 is 0 Å². The summed E-state index contributed by atoms with van der Waals surface area (Å²) in [6.45, 7) is 1.79. The van der Waals surface area contributed by atoms with Gasteiger partial charge in [-0.15, -0.1) is 0 Å². The molecule has 3 aromatic rings. The summed E-state index contributed by atoms with van der Waals surface area (Å²) in [5.74, 6) is 2.10. The summed E-state index contributed by atoms with van der Waals surface area (Å²) in [7, 11) is 0. The van der Waals surface area contributed by atoms with Crippen LogP contribution in [0.4, 0.5) is 5.82 Å². The van der Waals surface area contributed by atoms with E-state index in [1.807, 2.05) is 0 Å². The second-order valence-electron chi connectivity index (χ2n) is 20.8. The normalized spacial score (nSPS) is 41.3. The predicted molar refractivity (Wildman–Crippen MR) is 223 cm³/mol. The molecule has 7 N–H and O–H groups in total. The average Bonchev–Trinajstić information content (AvgIpc) is 3.98. The van der Waals surface area contributed by atoms with E-state index in [2.05, 4.69) is 17.2 Å². The van der Waals surface area contributed by atoms with Crippen molar-refractivity contribution in [3.8, 4) is 23.3 Å². The Kier molecular flexibility index (Phi) is 7.30. The number of hydrogen-bond acceptors (Lipinski definition) is 12. The van der Waals surface area contributed by atoms with E-state index in [0.29, 0.717) is 71.8 Å². The Morgan fingerprint density at radius 3 is 2.55 bits per heavy atom. The molecule has 15 rings (SSSR count). The number of aromatic hydroxyl groups is 1. The number of pyridine rings is 1. The molecule has 1 saturated heterocycles. The van der Waals surface area contributed by atoms with E-state index >= 15 is 0 Å². The van der Waals surface area contributed by atoms with Gasteiger partial charge < -0.3 is 45.4 Å². The number of carbonyl (C=O) groups excluding carboxylic acids is 2. The molecule has 4 aliphatic heterocycles. The first-order valence-electron chi connectivity index (χ1n) is 22.6. The number of aliphatic hydroxyl groups excluding tert-OH is 4. The quantitative estimate of drug-likeness (QED) is 0.117. The van der Waals surface area contributed by atoms with E-state index in [1.165, 1.54) is 6.07 Å². The molecule has 0 unspecified atom stereocenters. The van der Waals surface area contributed by atoms with Gasteiger partial charge in [-0.1, -0.05) is 36.7 Å². The van der Waals surface area contributed by atoms with E-state index in [4.69, 9.17) is 14.5 Å². The SMILES string of the molecule is Cc1cc(O)c2c(c1)C(=O)c1c(c3cc4c(nccc14)NC[C@@H](O)[C@@]14CCC[C@H]1[C@@H]1CC#C[C@@]5(O)[C@@H](O)[C@]6(C=C(C1)C1=C4C[C@@]4(CCC7(CCCC7)C4)[C@H](O)[C@@]1(O6)[C@H]5O)O3)C2=O. The number of benzene rings is 2. The molecule has 8 aliphatic carbocycles. The summed E-state index contributed by atoms with van der Waals surface area (Å²) in [6, 6.07) is 6.17. The molecule has 10 bridgehead atoms. The molecule has 320 valence electrons. The van der Waals surface area contributed by atoms with Crippen molar-refractivity contribution >= 4 is 28.2 Å². The minimum atomic E-state index is -2.63. The monoisotopic (exact) mass is 838 g/mol. The van der Waals surface area contributed by atoms with E-state index in [1.54, 1.807) is 37.4 Å². The summed E-state index contributed by atoms with van der Waals surface area (Å²) >= 11 is 0. The first kappa shape index (κ1) is 37.9. The van der Waals surface area contributed by atoms with Crippen LogP contribution in [-0.4, -0.2) is 95.1 Å². The number of nitrogens with one attached hydrogen (secondary N) is 1. The van der Waals surface area contributed by atoms with Gasteiger partial charge in [-0.2, -0.15) is 0 Å². The van der Waals surface area contributed by atoms with Crippen LogP contribution in [-0.2, 0) is 4.74 Å². The number of ether oxygens (including phenoxy) is 2. The van der Waals surface area contributed by atoms with Crippen molar-refractivity contribution in [1.29, 1.82) is 0 Å². The third-order valence-electron chi connectivity index (χ3n) is 18.0. The van der Waals surface area contributed by atoms with Gasteiger partial charge in [-0.3, -0.25) is 9.59 Å². The molecular weight excluding hydrogens is 789 g/mol. The van der Waals surface area contributed by atoms with Gasteiger partial charge in [0.25, 0.3) is 5.79 Å². The Hall–Kier alpha value is -4.61. The van der Waals surface area contributed by atoms with Crippen molar-refractivity contribution < 1.29 is 49.7 Å². The molecule has 3 saturated carbocycles. The van der Waals surface area contributed by atoms with Crippen LogP contribution in [0.2, 0.25) is 0 Å². The summed E-state index contributed by atoms with van der Waals surface area (Å²) in [5, 5.41) is 81.2. The summed E-state index contributed by atoms with van der Waals surface area (Å²) in [6.07, 6.45) is 6.75. The predicted octanol–water partition coefficient (Wildman–Crippen LogP) is 5.05. The number of phenolic OH excluding ortho intramolecular Hbond substituents is 1. The number of ketones is 2. The van der Waals surface area contributed by atoms with Crippen LogP contribution in [0.25, 0.3) is 10.8 Å².